The van der Waals surface area contributed by atoms with Crippen LogP contribution < -0.4 is 0 Å². The molecule has 1 aromatic rings. The molecule has 2 unspecified atom stereocenters. The van der Waals surface area contributed by atoms with Crippen molar-refractivity contribution in [2.24, 2.45) is 0 Å². The fourth-order valence-corrected chi connectivity index (χ4v) is 2.38. The molecule has 100 valence electrons. The quantitative estimate of drug-likeness (QED) is 0.753. The topological polar surface area (TPSA) is 67.6 Å². The molecule has 2 heterocycles. The fourth-order valence-electron chi connectivity index (χ4n) is 2.38. The van der Waals surface area contributed by atoms with E-state index in [1.54, 1.807) is 6.20 Å². The Morgan fingerprint density at radius 2 is 2.39 bits per heavy atom. The zero-order valence-electron chi connectivity index (χ0n) is 10.7. The number of carbonyl (C=O) groups excluding carboxylic acids is 1. The van der Waals surface area contributed by atoms with Crippen LogP contribution in [0.25, 0.3) is 0 Å². The highest BCUT2D eigenvalue weighted by Gasteiger charge is 2.36. The van der Waals surface area contributed by atoms with Gasteiger partial charge in [0.1, 0.15) is 11.9 Å². The largest absolute Gasteiger partial charge is 0.468 e. The number of aliphatic hydroxyl groups is 1. The maximum absolute atomic E-state index is 11.6. The Morgan fingerprint density at radius 1 is 1.61 bits per heavy atom. The van der Waals surface area contributed by atoms with Gasteiger partial charge < -0.3 is 14.4 Å². The van der Waals surface area contributed by atoms with E-state index in [9.17, 15) is 9.90 Å². The maximum Gasteiger partial charge on any atom is 0.323 e. The van der Waals surface area contributed by atoms with Crippen LogP contribution in [-0.2, 0) is 16.1 Å². The van der Waals surface area contributed by atoms with Gasteiger partial charge in [0, 0.05) is 38.4 Å². The van der Waals surface area contributed by atoms with Crippen molar-refractivity contribution < 1.29 is 14.6 Å². The summed E-state index contributed by atoms with van der Waals surface area (Å²) in [7, 11) is 1.38. The number of imidazole rings is 1. The van der Waals surface area contributed by atoms with Gasteiger partial charge in [0.25, 0.3) is 0 Å². The molecule has 0 bridgehead atoms. The smallest absolute Gasteiger partial charge is 0.323 e. The first-order valence-corrected chi connectivity index (χ1v) is 6.09. The third-order valence-corrected chi connectivity index (χ3v) is 3.41. The molecule has 6 nitrogen and oxygen atoms in total. The van der Waals surface area contributed by atoms with E-state index < -0.39 is 6.10 Å². The molecule has 1 saturated heterocycles. The van der Waals surface area contributed by atoms with E-state index in [0.717, 1.165) is 12.4 Å². The molecule has 1 N–H and O–H groups in total. The number of likely N-dealkylation sites (tertiary alicyclic amines) is 1. The number of aryl methyl sites for hydroxylation is 1. The fraction of sp³-hybridized carbons (Fsp3) is 0.667. The van der Waals surface area contributed by atoms with E-state index in [0.29, 0.717) is 19.5 Å². The Kier molecular flexibility index (Phi) is 3.98. The van der Waals surface area contributed by atoms with Crippen molar-refractivity contribution >= 4 is 5.97 Å². The van der Waals surface area contributed by atoms with Crippen LogP contribution in [0.15, 0.2) is 12.4 Å². The molecule has 1 aliphatic rings. The summed E-state index contributed by atoms with van der Waals surface area (Å²) in [5.74, 6) is 0.679. The molecule has 1 fully saturated rings. The zero-order chi connectivity index (χ0) is 13.1. The summed E-state index contributed by atoms with van der Waals surface area (Å²) in [6, 6.07) is -0.325. The molecule has 6 heteroatoms. The molecular formula is C12H19N3O3. The lowest BCUT2D eigenvalue weighted by Crippen LogP contribution is -2.38. The number of aromatic nitrogens is 2. The second kappa shape index (κ2) is 5.49. The molecule has 0 radical (unpaired) electrons. The third kappa shape index (κ3) is 2.70. The number of β-amino-alcohol motifs (C(OH)–C–C–N with tert-alkyl or cyclic N) is 1. The molecule has 0 amide bonds. The van der Waals surface area contributed by atoms with Gasteiger partial charge in [0.15, 0.2) is 0 Å². The monoisotopic (exact) mass is 253 g/mol. The van der Waals surface area contributed by atoms with E-state index >= 15 is 0 Å². The SMILES string of the molecule is COC(=O)C1CC(O)CN1CCn1ccnc1C. The van der Waals surface area contributed by atoms with Crippen molar-refractivity contribution in [1.82, 2.24) is 14.5 Å². The van der Waals surface area contributed by atoms with Crippen LogP contribution in [0.2, 0.25) is 0 Å². The molecule has 0 saturated carbocycles. The van der Waals surface area contributed by atoms with Gasteiger partial charge in [-0.15, -0.1) is 0 Å². The number of nitrogens with zero attached hydrogens (tertiary/aromatic N) is 3. The molecule has 0 spiro atoms. The van der Waals surface area contributed by atoms with Gasteiger partial charge in [0.2, 0.25) is 0 Å². The van der Waals surface area contributed by atoms with E-state index in [2.05, 4.69) is 4.98 Å². The molecule has 18 heavy (non-hydrogen) atoms. The van der Waals surface area contributed by atoms with Crippen LogP contribution in [0.3, 0.4) is 0 Å². The number of esters is 1. The normalized spacial score (nSPS) is 24.4. The summed E-state index contributed by atoms with van der Waals surface area (Å²) in [5, 5.41) is 9.66. The van der Waals surface area contributed by atoms with Crippen molar-refractivity contribution in [3.05, 3.63) is 18.2 Å². The van der Waals surface area contributed by atoms with Gasteiger partial charge in [0.05, 0.1) is 13.2 Å². The molecular weight excluding hydrogens is 234 g/mol. The summed E-state index contributed by atoms with van der Waals surface area (Å²) in [6.07, 6.45) is 3.68. The average molecular weight is 253 g/mol. The minimum Gasteiger partial charge on any atom is -0.468 e. The van der Waals surface area contributed by atoms with E-state index in [1.165, 1.54) is 7.11 Å². The molecule has 0 aliphatic carbocycles. The van der Waals surface area contributed by atoms with E-state index in [4.69, 9.17) is 4.74 Å². The number of carbonyl (C=O) groups is 1. The van der Waals surface area contributed by atoms with Crippen LogP contribution in [-0.4, -0.2) is 57.9 Å². The minimum absolute atomic E-state index is 0.270. The highest BCUT2D eigenvalue weighted by molar-refractivity contribution is 5.76. The summed E-state index contributed by atoms with van der Waals surface area (Å²) in [6.45, 7) is 3.92. The van der Waals surface area contributed by atoms with Crippen LogP contribution in [0.1, 0.15) is 12.2 Å². The van der Waals surface area contributed by atoms with Crippen LogP contribution >= 0.6 is 0 Å². The Bertz CT molecular complexity index is 418. The maximum atomic E-state index is 11.6. The second-order valence-electron chi connectivity index (χ2n) is 4.59. The molecule has 1 aliphatic heterocycles. The summed E-state index contributed by atoms with van der Waals surface area (Å²) >= 11 is 0. The average Bonchev–Trinajstić information content (AvgIpc) is 2.92. The highest BCUT2D eigenvalue weighted by Crippen LogP contribution is 2.18. The Morgan fingerprint density at radius 3 is 3.00 bits per heavy atom. The first-order valence-electron chi connectivity index (χ1n) is 6.09. The van der Waals surface area contributed by atoms with Gasteiger partial charge in [-0.05, 0) is 6.92 Å². The Labute approximate surface area is 106 Å². The van der Waals surface area contributed by atoms with Gasteiger partial charge in [-0.1, -0.05) is 0 Å². The first kappa shape index (κ1) is 13.0. The van der Waals surface area contributed by atoms with Crippen LogP contribution in [0.4, 0.5) is 0 Å². The second-order valence-corrected chi connectivity index (χ2v) is 4.59. The van der Waals surface area contributed by atoms with Crippen molar-refractivity contribution in [3.63, 3.8) is 0 Å². The van der Waals surface area contributed by atoms with Crippen LogP contribution in [0.5, 0.6) is 0 Å². The predicted octanol–water partition coefficient (Wildman–Crippen LogP) is -0.200. The first-order chi connectivity index (χ1) is 8.61. The zero-order valence-corrected chi connectivity index (χ0v) is 10.7. The highest BCUT2D eigenvalue weighted by atomic mass is 16.5. The van der Waals surface area contributed by atoms with Gasteiger partial charge in [-0.3, -0.25) is 9.69 Å². The summed E-state index contributed by atoms with van der Waals surface area (Å²) < 4.78 is 6.79. The Balaban J connectivity index is 1.95. The third-order valence-electron chi connectivity index (χ3n) is 3.41. The molecule has 0 aromatic carbocycles. The number of rotatable bonds is 4. The van der Waals surface area contributed by atoms with Crippen molar-refractivity contribution in [3.8, 4) is 0 Å². The van der Waals surface area contributed by atoms with E-state index in [1.807, 2.05) is 22.6 Å². The number of methoxy groups -OCH3 is 1. The lowest BCUT2D eigenvalue weighted by molar-refractivity contribution is -0.145. The van der Waals surface area contributed by atoms with Crippen LogP contribution in [0, 0.1) is 6.92 Å². The Hall–Kier alpha value is -1.40. The molecule has 2 atom stereocenters. The van der Waals surface area contributed by atoms with Crippen molar-refractivity contribution in [2.75, 3.05) is 20.2 Å². The molecule has 1 aromatic heterocycles. The number of ether oxygens (including phenoxy) is 1. The van der Waals surface area contributed by atoms with Gasteiger partial charge in [-0.2, -0.15) is 0 Å². The van der Waals surface area contributed by atoms with E-state index in [-0.39, 0.29) is 12.0 Å². The van der Waals surface area contributed by atoms with Crippen molar-refractivity contribution in [1.29, 1.82) is 0 Å². The number of hydrogen-bond acceptors (Lipinski definition) is 5. The number of aliphatic hydroxyl groups excluding tert-OH is 1. The molecule has 2 rings (SSSR count). The minimum atomic E-state index is -0.446. The number of hydrogen-bond donors (Lipinski definition) is 1. The predicted molar refractivity (Wildman–Crippen MR) is 65.0 cm³/mol. The van der Waals surface area contributed by atoms with Gasteiger partial charge >= 0.3 is 5.97 Å². The van der Waals surface area contributed by atoms with Gasteiger partial charge in [-0.25, -0.2) is 4.98 Å². The summed E-state index contributed by atoms with van der Waals surface area (Å²) in [4.78, 5) is 17.7. The van der Waals surface area contributed by atoms with Crippen molar-refractivity contribution in [2.45, 2.75) is 32.0 Å². The standard InChI is InChI=1S/C12H19N3O3/c1-9-13-3-4-14(9)5-6-15-8-10(16)7-11(15)12(17)18-2/h3-4,10-11,16H,5-8H2,1-2H3. The summed E-state index contributed by atoms with van der Waals surface area (Å²) in [5.41, 5.74) is 0. The lowest BCUT2D eigenvalue weighted by atomic mass is 10.2. The lowest BCUT2D eigenvalue weighted by Gasteiger charge is -2.22.